The maximum Gasteiger partial charge on any atom is 0.264 e. The third-order valence-electron chi connectivity index (χ3n) is 6.24. The second kappa shape index (κ2) is 13.2. The van der Waals surface area contributed by atoms with Crippen LogP contribution in [-0.4, -0.2) is 50.9 Å². The van der Waals surface area contributed by atoms with E-state index in [9.17, 15) is 22.4 Å². The summed E-state index contributed by atoms with van der Waals surface area (Å²) in [6.45, 7) is 7.46. The minimum Gasteiger partial charge on any atom is -0.494 e. The van der Waals surface area contributed by atoms with Gasteiger partial charge in [-0.1, -0.05) is 24.3 Å². The van der Waals surface area contributed by atoms with Crippen LogP contribution < -0.4 is 14.4 Å². The molecular weight excluding hydrogens is 521 g/mol. The van der Waals surface area contributed by atoms with Crippen LogP contribution in [0.2, 0.25) is 0 Å². The molecule has 0 heterocycles. The maximum absolute atomic E-state index is 13.8. The van der Waals surface area contributed by atoms with Crippen LogP contribution in [0.25, 0.3) is 0 Å². The summed E-state index contributed by atoms with van der Waals surface area (Å²) in [5, 5.41) is 2.73. The average molecular weight is 556 g/mol. The zero-order valence-corrected chi connectivity index (χ0v) is 23.4. The molecule has 3 aromatic rings. The number of anilines is 1. The Morgan fingerprint density at radius 2 is 1.62 bits per heavy atom. The predicted octanol–water partition coefficient (Wildman–Crippen LogP) is 4.28. The minimum atomic E-state index is -4.28. The first-order valence-corrected chi connectivity index (χ1v) is 14.1. The van der Waals surface area contributed by atoms with E-state index in [1.807, 2.05) is 38.1 Å². The normalized spacial score (nSPS) is 11.9. The van der Waals surface area contributed by atoms with Crippen molar-refractivity contribution in [1.29, 1.82) is 0 Å². The van der Waals surface area contributed by atoms with Gasteiger partial charge in [-0.3, -0.25) is 13.9 Å². The van der Waals surface area contributed by atoms with Crippen LogP contribution in [0, 0.1) is 12.7 Å². The van der Waals surface area contributed by atoms with E-state index in [1.54, 1.807) is 26.0 Å². The number of carbonyl (C=O) groups excluding carboxylic acids is 2. The van der Waals surface area contributed by atoms with Crippen molar-refractivity contribution in [3.05, 3.63) is 89.7 Å². The molecule has 0 radical (unpaired) electrons. The smallest absolute Gasteiger partial charge is 0.264 e. The summed E-state index contributed by atoms with van der Waals surface area (Å²) in [7, 11) is -4.28. The van der Waals surface area contributed by atoms with Crippen molar-refractivity contribution < 1.29 is 27.1 Å². The van der Waals surface area contributed by atoms with E-state index in [2.05, 4.69) is 5.32 Å². The number of nitrogens with zero attached hydrogens (tertiary/aromatic N) is 2. The van der Waals surface area contributed by atoms with Crippen molar-refractivity contribution in [2.45, 2.75) is 45.2 Å². The molecule has 0 saturated carbocycles. The van der Waals surface area contributed by atoms with Crippen molar-refractivity contribution >= 4 is 27.5 Å². The molecule has 0 aromatic heterocycles. The molecule has 39 heavy (non-hydrogen) atoms. The Bertz CT molecular complexity index is 1380. The highest BCUT2D eigenvalue weighted by atomic mass is 32.2. The van der Waals surface area contributed by atoms with E-state index in [0.29, 0.717) is 18.9 Å². The van der Waals surface area contributed by atoms with Gasteiger partial charge in [0.05, 0.1) is 17.2 Å². The van der Waals surface area contributed by atoms with Crippen LogP contribution in [-0.2, 0) is 26.2 Å². The first-order valence-electron chi connectivity index (χ1n) is 12.7. The van der Waals surface area contributed by atoms with Gasteiger partial charge in [0.25, 0.3) is 10.0 Å². The molecule has 8 nitrogen and oxygen atoms in total. The lowest BCUT2D eigenvalue weighted by Gasteiger charge is -2.32. The molecule has 0 aliphatic rings. The SMILES string of the molecule is CCNC(=O)C(C)N(Cc1ccccc1C)C(=O)CN(c1ccc(OCC)cc1)S(=O)(=O)c1ccc(F)cc1. The largest absolute Gasteiger partial charge is 0.494 e. The van der Waals surface area contributed by atoms with Crippen molar-refractivity contribution in [2.24, 2.45) is 0 Å². The number of ether oxygens (including phenoxy) is 1. The molecule has 0 fully saturated rings. The fourth-order valence-electron chi connectivity index (χ4n) is 4.01. The number of nitrogens with one attached hydrogen (secondary N) is 1. The van der Waals surface area contributed by atoms with E-state index >= 15 is 0 Å². The number of hydrogen-bond donors (Lipinski definition) is 1. The highest BCUT2D eigenvalue weighted by Gasteiger charge is 2.32. The molecule has 3 rings (SSSR count). The highest BCUT2D eigenvalue weighted by Crippen LogP contribution is 2.27. The molecular formula is C29H34FN3O5S. The van der Waals surface area contributed by atoms with Crippen LogP contribution >= 0.6 is 0 Å². The van der Waals surface area contributed by atoms with Crippen LogP contribution in [0.15, 0.2) is 77.7 Å². The summed E-state index contributed by atoms with van der Waals surface area (Å²) in [6.07, 6.45) is 0. The average Bonchev–Trinajstić information content (AvgIpc) is 2.92. The number of carbonyl (C=O) groups is 2. The third-order valence-corrected chi connectivity index (χ3v) is 8.02. The molecule has 0 saturated heterocycles. The zero-order valence-electron chi connectivity index (χ0n) is 22.6. The van der Waals surface area contributed by atoms with Gasteiger partial charge in [-0.05, 0) is 87.4 Å². The molecule has 0 aliphatic heterocycles. The summed E-state index contributed by atoms with van der Waals surface area (Å²) in [5.41, 5.74) is 1.98. The Kier molecular flexibility index (Phi) is 10.1. The van der Waals surface area contributed by atoms with Gasteiger partial charge in [-0.2, -0.15) is 0 Å². The Morgan fingerprint density at radius 1 is 0.974 bits per heavy atom. The van der Waals surface area contributed by atoms with Gasteiger partial charge >= 0.3 is 0 Å². The molecule has 2 amide bonds. The fraction of sp³-hybridized carbons (Fsp3) is 0.310. The highest BCUT2D eigenvalue weighted by molar-refractivity contribution is 7.92. The van der Waals surface area contributed by atoms with Crippen molar-refractivity contribution in [2.75, 3.05) is 24.0 Å². The van der Waals surface area contributed by atoms with E-state index in [1.165, 1.54) is 17.0 Å². The molecule has 1 N–H and O–H groups in total. The van der Waals surface area contributed by atoms with Gasteiger partial charge in [-0.25, -0.2) is 12.8 Å². The first kappa shape index (κ1) is 29.6. The Morgan fingerprint density at radius 3 is 2.21 bits per heavy atom. The van der Waals surface area contributed by atoms with Crippen LogP contribution in [0.4, 0.5) is 10.1 Å². The lowest BCUT2D eigenvalue weighted by Crippen LogP contribution is -2.51. The molecule has 1 atom stereocenters. The Balaban J connectivity index is 2.04. The van der Waals surface area contributed by atoms with Crippen LogP contribution in [0.1, 0.15) is 31.9 Å². The number of amides is 2. The van der Waals surface area contributed by atoms with E-state index in [0.717, 1.165) is 39.7 Å². The molecule has 0 aliphatic carbocycles. The van der Waals surface area contributed by atoms with Gasteiger partial charge in [0.15, 0.2) is 0 Å². The molecule has 3 aromatic carbocycles. The Labute approximate surface area is 229 Å². The fourth-order valence-corrected chi connectivity index (χ4v) is 5.43. The number of halogens is 1. The van der Waals surface area contributed by atoms with Gasteiger partial charge in [0.2, 0.25) is 11.8 Å². The van der Waals surface area contributed by atoms with Crippen LogP contribution in [0.5, 0.6) is 5.75 Å². The number of aryl methyl sites for hydroxylation is 1. The number of rotatable bonds is 12. The van der Waals surface area contributed by atoms with Gasteiger partial charge in [0.1, 0.15) is 24.2 Å². The summed E-state index contributed by atoms with van der Waals surface area (Å²) >= 11 is 0. The Hall–Kier alpha value is -3.92. The first-order chi connectivity index (χ1) is 18.6. The van der Waals surface area contributed by atoms with E-state index in [4.69, 9.17) is 4.74 Å². The monoisotopic (exact) mass is 555 g/mol. The molecule has 0 bridgehead atoms. The lowest BCUT2D eigenvalue weighted by molar-refractivity contribution is -0.139. The summed E-state index contributed by atoms with van der Waals surface area (Å²) < 4.78 is 47.5. The summed E-state index contributed by atoms with van der Waals surface area (Å²) in [6, 6.07) is 17.3. The van der Waals surface area contributed by atoms with Gasteiger partial charge < -0.3 is 15.0 Å². The second-order valence-electron chi connectivity index (χ2n) is 8.91. The zero-order chi connectivity index (χ0) is 28.6. The van der Waals surface area contributed by atoms with Crippen molar-refractivity contribution in [3.8, 4) is 5.75 Å². The van der Waals surface area contributed by atoms with E-state index in [-0.39, 0.29) is 23.0 Å². The summed E-state index contributed by atoms with van der Waals surface area (Å²) in [5.74, 6) is -0.972. The topological polar surface area (TPSA) is 96.0 Å². The standard InChI is InChI=1S/C29H34FN3O5S/c1-5-31-29(35)22(4)32(19-23-10-8-7-9-21(23)3)28(34)20-33(25-13-15-26(16-14-25)38-6-2)39(36,37)27-17-11-24(30)12-18-27/h7-18,22H,5-6,19-20H2,1-4H3,(H,31,35). The molecule has 1 unspecified atom stereocenters. The molecule has 208 valence electrons. The van der Waals surface area contributed by atoms with E-state index < -0.39 is 34.3 Å². The molecule has 10 heteroatoms. The number of benzene rings is 3. The predicted molar refractivity (Wildman–Crippen MR) is 148 cm³/mol. The second-order valence-corrected chi connectivity index (χ2v) is 10.8. The summed E-state index contributed by atoms with van der Waals surface area (Å²) in [4.78, 5) is 27.8. The van der Waals surface area contributed by atoms with Crippen molar-refractivity contribution in [1.82, 2.24) is 10.2 Å². The van der Waals surface area contributed by atoms with Crippen molar-refractivity contribution in [3.63, 3.8) is 0 Å². The van der Waals surface area contributed by atoms with Gasteiger partial charge in [-0.15, -0.1) is 0 Å². The lowest BCUT2D eigenvalue weighted by atomic mass is 10.1. The minimum absolute atomic E-state index is 0.109. The van der Waals surface area contributed by atoms with Gasteiger partial charge in [0, 0.05) is 13.1 Å². The number of likely N-dealkylation sites (N-methyl/N-ethyl adjacent to an activating group) is 1. The number of sulfonamides is 1. The van der Waals surface area contributed by atoms with Crippen LogP contribution in [0.3, 0.4) is 0 Å². The maximum atomic E-state index is 13.8. The quantitative estimate of drug-likeness (QED) is 0.360. The third kappa shape index (κ3) is 7.35. The number of hydrogen-bond acceptors (Lipinski definition) is 5. The molecule has 0 spiro atoms.